The van der Waals surface area contributed by atoms with Gasteiger partial charge in [0.25, 0.3) is 5.91 Å². The van der Waals surface area contributed by atoms with E-state index in [1.54, 1.807) is 4.90 Å². The number of hydrogen-bond donors (Lipinski definition) is 1. The van der Waals surface area contributed by atoms with Crippen molar-refractivity contribution in [2.24, 2.45) is 0 Å². The number of nitrogens with zero attached hydrogens (tertiary/aromatic N) is 2. The normalized spacial score (nSPS) is 11.1. The van der Waals surface area contributed by atoms with Gasteiger partial charge in [0.15, 0.2) is 0 Å². The summed E-state index contributed by atoms with van der Waals surface area (Å²) in [6.45, 7) is 2.69. The first-order valence-corrected chi connectivity index (χ1v) is 9.46. The minimum absolute atomic E-state index is 0.00334. The third kappa shape index (κ3) is 3.83. The molecular weight excluding hydrogens is 350 g/mol. The van der Waals surface area contributed by atoms with Crippen molar-refractivity contribution >= 4 is 16.8 Å². The smallest absolute Gasteiger partial charge is 0.270 e. The van der Waals surface area contributed by atoms with E-state index >= 15 is 0 Å². The number of carbonyl (C=O) groups excluding carboxylic acids is 1. The Balaban J connectivity index is 1.34. The number of fused-ring (bicyclic) bond motifs is 1. The minimum Gasteiger partial charge on any atom is -0.361 e. The Hall–Kier alpha value is -3.34. The van der Waals surface area contributed by atoms with Gasteiger partial charge in [-0.05, 0) is 31.0 Å². The summed E-state index contributed by atoms with van der Waals surface area (Å²) in [5.41, 5.74) is 4.66. The topological polar surface area (TPSA) is 62.1 Å². The van der Waals surface area contributed by atoms with Gasteiger partial charge in [-0.2, -0.15) is 0 Å². The van der Waals surface area contributed by atoms with Crippen molar-refractivity contribution in [3.8, 4) is 11.3 Å². The maximum absolute atomic E-state index is 12.7. The van der Waals surface area contributed by atoms with Gasteiger partial charge < -0.3 is 14.4 Å². The minimum atomic E-state index is -0.00334. The van der Waals surface area contributed by atoms with Gasteiger partial charge in [0.1, 0.15) is 17.1 Å². The van der Waals surface area contributed by atoms with Gasteiger partial charge in [0.05, 0.1) is 0 Å². The van der Waals surface area contributed by atoms with Crippen LogP contribution in [0.2, 0.25) is 0 Å². The van der Waals surface area contributed by atoms with E-state index in [1.807, 2.05) is 62.5 Å². The summed E-state index contributed by atoms with van der Waals surface area (Å²) < 4.78 is 5.44. The largest absolute Gasteiger partial charge is 0.361 e. The first-order valence-electron chi connectivity index (χ1n) is 9.46. The molecule has 1 amide bonds. The molecule has 0 saturated heterocycles. The quantitative estimate of drug-likeness (QED) is 0.526. The lowest BCUT2D eigenvalue weighted by Gasteiger charge is -2.15. The number of aromatic nitrogens is 2. The molecule has 0 bridgehead atoms. The molecule has 2 heterocycles. The summed E-state index contributed by atoms with van der Waals surface area (Å²) in [6.07, 6.45) is 1.55. The van der Waals surface area contributed by atoms with Gasteiger partial charge in [0.2, 0.25) is 0 Å². The van der Waals surface area contributed by atoms with Gasteiger partial charge in [-0.3, -0.25) is 4.79 Å². The third-order valence-electron chi connectivity index (χ3n) is 4.90. The second-order valence-electron chi connectivity index (χ2n) is 7.15. The number of rotatable bonds is 6. The van der Waals surface area contributed by atoms with Crippen molar-refractivity contribution in [2.45, 2.75) is 19.8 Å². The molecule has 0 aliphatic rings. The standard InChI is InChI=1S/C23H23N3O2/c1-16-10-11-18-14-22(24-20(18)13-16)23(27)26(2)12-6-9-19-15-21(25-28-19)17-7-4-3-5-8-17/h3-5,7-8,10-11,13-15,24H,6,9,12H2,1-2H3. The number of aromatic amines is 1. The highest BCUT2D eigenvalue weighted by Gasteiger charge is 2.15. The highest BCUT2D eigenvalue weighted by molar-refractivity contribution is 5.98. The molecule has 0 radical (unpaired) electrons. The van der Waals surface area contributed by atoms with E-state index in [4.69, 9.17) is 4.52 Å². The predicted molar refractivity (Wildman–Crippen MR) is 110 cm³/mol. The molecule has 5 nitrogen and oxygen atoms in total. The monoisotopic (exact) mass is 373 g/mol. The van der Waals surface area contributed by atoms with E-state index in [9.17, 15) is 4.79 Å². The van der Waals surface area contributed by atoms with Crippen LogP contribution in [0.15, 0.2) is 65.2 Å². The van der Waals surface area contributed by atoms with Crippen LogP contribution in [-0.2, 0) is 6.42 Å². The Bertz CT molecular complexity index is 1100. The Morgan fingerprint density at radius 1 is 1.11 bits per heavy atom. The Morgan fingerprint density at radius 3 is 2.75 bits per heavy atom. The van der Waals surface area contributed by atoms with Crippen LogP contribution in [0.1, 0.15) is 28.2 Å². The number of carbonyl (C=O) groups is 1. The molecule has 0 spiro atoms. The molecule has 2 aromatic carbocycles. The van der Waals surface area contributed by atoms with E-state index in [0.29, 0.717) is 12.2 Å². The lowest BCUT2D eigenvalue weighted by molar-refractivity contribution is 0.0788. The van der Waals surface area contributed by atoms with E-state index < -0.39 is 0 Å². The number of benzene rings is 2. The van der Waals surface area contributed by atoms with Crippen LogP contribution in [-0.4, -0.2) is 34.5 Å². The first-order chi connectivity index (χ1) is 13.6. The molecule has 1 N–H and O–H groups in total. The third-order valence-corrected chi connectivity index (χ3v) is 4.90. The zero-order chi connectivity index (χ0) is 19.5. The molecule has 0 unspecified atom stereocenters. The van der Waals surface area contributed by atoms with E-state index in [-0.39, 0.29) is 5.91 Å². The van der Waals surface area contributed by atoms with Crippen molar-refractivity contribution in [1.82, 2.24) is 15.0 Å². The molecule has 4 rings (SSSR count). The SMILES string of the molecule is Cc1ccc2cc(C(=O)N(C)CCCc3cc(-c4ccccc4)no3)[nH]c2c1. The van der Waals surface area contributed by atoms with Crippen LogP contribution in [0.4, 0.5) is 0 Å². The average molecular weight is 373 g/mol. The predicted octanol–water partition coefficient (Wildman–Crippen LogP) is 4.84. The Kier molecular flexibility index (Phi) is 4.98. The van der Waals surface area contributed by atoms with Crippen molar-refractivity contribution in [2.75, 3.05) is 13.6 Å². The van der Waals surface area contributed by atoms with Gasteiger partial charge in [-0.1, -0.05) is 47.6 Å². The van der Waals surface area contributed by atoms with Crippen LogP contribution in [0, 0.1) is 6.92 Å². The summed E-state index contributed by atoms with van der Waals surface area (Å²) in [5.74, 6) is 0.831. The van der Waals surface area contributed by atoms with Crippen LogP contribution < -0.4 is 0 Å². The Labute approximate surface area is 164 Å². The fourth-order valence-electron chi connectivity index (χ4n) is 3.33. The van der Waals surface area contributed by atoms with Crippen molar-refractivity contribution in [1.29, 1.82) is 0 Å². The fraction of sp³-hybridized carbons (Fsp3) is 0.217. The summed E-state index contributed by atoms with van der Waals surface area (Å²) >= 11 is 0. The molecule has 0 aliphatic carbocycles. The fourth-order valence-corrected chi connectivity index (χ4v) is 3.33. The Morgan fingerprint density at radius 2 is 1.93 bits per heavy atom. The maximum Gasteiger partial charge on any atom is 0.270 e. The number of nitrogens with one attached hydrogen (secondary N) is 1. The maximum atomic E-state index is 12.7. The number of aryl methyl sites for hydroxylation is 2. The summed E-state index contributed by atoms with van der Waals surface area (Å²) in [5, 5.41) is 5.19. The van der Waals surface area contributed by atoms with Crippen molar-refractivity contribution in [3.05, 3.63) is 77.7 Å². The van der Waals surface area contributed by atoms with Crippen molar-refractivity contribution in [3.63, 3.8) is 0 Å². The molecule has 4 aromatic rings. The number of H-pyrrole nitrogens is 1. The summed E-state index contributed by atoms with van der Waals surface area (Å²) in [4.78, 5) is 17.7. The first kappa shape index (κ1) is 18.0. The van der Waals surface area contributed by atoms with E-state index in [1.165, 1.54) is 5.56 Å². The summed E-state index contributed by atoms with van der Waals surface area (Å²) in [7, 11) is 1.83. The van der Waals surface area contributed by atoms with Crippen LogP contribution in [0.5, 0.6) is 0 Å². The molecule has 0 aliphatic heterocycles. The molecule has 2 aromatic heterocycles. The highest BCUT2D eigenvalue weighted by atomic mass is 16.5. The molecule has 142 valence electrons. The second kappa shape index (κ2) is 7.72. The highest BCUT2D eigenvalue weighted by Crippen LogP contribution is 2.20. The number of hydrogen-bond acceptors (Lipinski definition) is 3. The van der Waals surface area contributed by atoms with Crippen LogP contribution in [0.3, 0.4) is 0 Å². The van der Waals surface area contributed by atoms with E-state index in [0.717, 1.165) is 40.8 Å². The summed E-state index contributed by atoms with van der Waals surface area (Å²) in [6, 6.07) is 20.0. The van der Waals surface area contributed by atoms with E-state index in [2.05, 4.69) is 22.3 Å². The zero-order valence-corrected chi connectivity index (χ0v) is 16.1. The molecule has 5 heteroatoms. The lowest BCUT2D eigenvalue weighted by atomic mass is 10.1. The van der Waals surface area contributed by atoms with Crippen LogP contribution >= 0.6 is 0 Å². The van der Waals surface area contributed by atoms with Crippen molar-refractivity contribution < 1.29 is 9.32 Å². The molecule has 0 saturated carbocycles. The zero-order valence-electron chi connectivity index (χ0n) is 16.1. The van der Waals surface area contributed by atoms with Gasteiger partial charge in [0, 0.05) is 42.5 Å². The molecule has 28 heavy (non-hydrogen) atoms. The number of amides is 1. The van der Waals surface area contributed by atoms with Gasteiger partial charge in [-0.25, -0.2) is 0 Å². The molecule has 0 fully saturated rings. The van der Waals surface area contributed by atoms with Crippen LogP contribution in [0.25, 0.3) is 22.2 Å². The molecule has 0 atom stereocenters. The average Bonchev–Trinajstić information content (AvgIpc) is 3.34. The second-order valence-corrected chi connectivity index (χ2v) is 7.15. The van der Waals surface area contributed by atoms with Gasteiger partial charge in [-0.15, -0.1) is 0 Å². The lowest BCUT2D eigenvalue weighted by Crippen LogP contribution is -2.28. The van der Waals surface area contributed by atoms with Gasteiger partial charge >= 0.3 is 0 Å². The molecular formula is C23H23N3O2.